The van der Waals surface area contributed by atoms with Gasteiger partial charge in [-0.3, -0.25) is 0 Å². The lowest BCUT2D eigenvalue weighted by molar-refractivity contribution is -0.0293. The molecule has 0 bridgehead atoms. The zero-order valence-electron chi connectivity index (χ0n) is 12.5. The molecule has 0 radical (unpaired) electrons. The highest BCUT2D eigenvalue weighted by Crippen LogP contribution is 2.34. The Hall–Kier alpha value is -0.220. The van der Waals surface area contributed by atoms with Crippen LogP contribution in [-0.2, 0) is 5.60 Å². The smallest absolute Gasteiger partial charge is 0.0931 e. The summed E-state index contributed by atoms with van der Waals surface area (Å²) in [6, 6.07) is 8.26. The van der Waals surface area contributed by atoms with Crippen LogP contribution in [0, 0.1) is 5.92 Å². The summed E-state index contributed by atoms with van der Waals surface area (Å²) in [4.78, 5) is 3.33. The largest absolute Gasteiger partial charge is 0.385 e. The third-order valence-corrected chi connectivity index (χ3v) is 4.29. The second-order valence-corrected chi connectivity index (χ2v) is 6.05. The minimum Gasteiger partial charge on any atom is -0.385 e. The van der Waals surface area contributed by atoms with Crippen molar-refractivity contribution in [3.63, 3.8) is 0 Å². The van der Waals surface area contributed by atoms with E-state index in [1.165, 1.54) is 4.90 Å². The van der Waals surface area contributed by atoms with Gasteiger partial charge in [-0.2, -0.15) is 0 Å². The summed E-state index contributed by atoms with van der Waals surface area (Å²) in [5.74, 6) is 0.203. The van der Waals surface area contributed by atoms with Crippen molar-refractivity contribution >= 4 is 24.2 Å². The molecule has 1 N–H and O–H groups in total. The lowest BCUT2D eigenvalue weighted by Gasteiger charge is -2.35. The van der Waals surface area contributed by atoms with E-state index in [1.54, 1.807) is 11.8 Å². The van der Waals surface area contributed by atoms with Crippen molar-refractivity contribution in [3.05, 3.63) is 29.8 Å². The van der Waals surface area contributed by atoms with Crippen LogP contribution in [0.1, 0.15) is 25.8 Å². The Kier molecular flexibility index (Phi) is 8.06. The number of nitrogens with zero attached hydrogens (tertiary/aromatic N) is 1. The quantitative estimate of drug-likeness (QED) is 0.812. The molecule has 0 aliphatic rings. The van der Waals surface area contributed by atoms with Crippen molar-refractivity contribution in [3.8, 4) is 0 Å². The molecule has 0 aliphatic heterocycles. The number of hydrogen-bond donors (Lipinski definition) is 1. The van der Waals surface area contributed by atoms with Gasteiger partial charge in [-0.15, -0.1) is 24.2 Å². The molecule has 1 aromatic rings. The molecular formula is C15H26ClNOS. The van der Waals surface area contributed by atoms with Gasteiger partial charge in [0.05, 0.1) is 5.60 Å². The van der Waals surface area contributed by atoms with E-state index >= 15 is 0 Å². The van der Waals surface area contributed by atoms with E-state index < -0.39 is 5.60 Å². The first-order valence-corrected chi connectivity index (χ1v) is 7.68. The van der Waals surface area contributed by atoms with Crippen LogP contribution in [0.25, 0.3) is 0 Å². The molecule has 19 heavy (non-hydrogen) atoms. The van der Waals surface area contributed by atoms with Gasteiger partial charge < -0.3 is 10.0 Å². The van der Waals surface area contributed by atoms with Gasteiger partial charge in [-0.05, 0) is 44.5 Å². The third-order valence-electron chi connectivity index (χ3n) is 3.56. The van der Waals surface area contributed by atoms with Crippen LogP contribution < -0.4 is 0 Å². The van der Waals surface area contributed by atoms with Crippen molar-refractivity contribution in [2.45, 2.75) is 30.8 Å². The molecule has 0 fully saturated rings. The fraction of sp³-hybridized carbons (Fsp3) is 0.600. The van der Waals surface area contributed by atoms with Gasteiger partial charge in [0.2, 0.25) is 0 Å². The number of rotatable bonds is 6. The van der Waals surface area contributed by atoms with Crippen LogP contribution in [0.5, 0.6) is 0 Å². The van der Waals surface area contributed by atoms with Gasteiger partial charge in [0.15, 0.2) is 0 Å². The summed E-state index contributed by atoms with van der Waals surface area (Å²) in [5.41, 5.74) is 0.293. The molecule has 4 heteroatoms. The standard InChI is InChI=1S/C15H25NOS.ClH/c1-6-15(17,12(2)11-16(3)4)13-8-7-9-14(10-13)18-5;/h7-10,12,17H,6,11H2,1-5H3;1H. The van der Waals surface area contributed by atoms with Crippen LogP contribution in [0.4, 0.5) is 0 Å². The maximum absolute atomic E-state index is 11.0. The lowest BCUT2D eigenvalue weighted by atomic mass is 9.80. The van der Waals surface area contributed by atoms with Gasteiger partial charge in [-0.25, -0.2) is 0 Å². The second-order valence-electron chi connectivity index (χ2n) is 5.17. The molecule has 0 spiro atoms. The molecule has 0 aromatic heterocycles. The lowest BCUT2D eigenvalue weighted by Crippen LogP contribution is -2.38. The minimum atomic E-state index is -0.740. The topological polar surface area (TPSA) is 23.5 Å². The predicted octanol–water partition coefficient (Wildman–Crippen LogP) is 3.63. The van der Waals surface area contributed by atoms with Crippen LogP contribution in [-0.4, -0.2) is 36.9 Å². The highest BCUT2D eigenvalue weighted by molar-refractivity contribution is 7.98. The maximum atomic E-state index is 11.0. The zero-order chi connectivity index (χ0) is 13.8. The van der Waals surface area contributed by atoms with Gasteiger partial charge >= 0.3 is 0 Å². The average Bonchev–Trinajstić information content (AvgIpc) is 2.37. The molecule has 110 valence electrons. The van der Waals surface area contributed by atoms with Crippen LogP contribution >= 0.6 is 24.2 Å². The van der Waals surface area contributed by atoms with E-state index in [4.69, 9.17) is 0 Å². The van der Waals surface area contributed by atoms with E-state index in [2.05, 4.69) is 37.1 Å². The van der Waals surface area contributed by atoms with Gasteiger partial charge in [0.25, 0.3) is 0 Å². The minimum absolute atomic E-state index is 0. The fourth-order valence-electron chi connectivity index (χ4n) is 2.43. The van der Waals surface area contributed by atoms with Crippen molar-refractivity contribution in [2.24, 2.45) is 5.92 Å². The zero-order valence-corrected chi connectivity index (χ0v) is 14.1. The molecule has 2 atom stereocenters. The first-order valence-electron chi connectivity index (χ1n) is 6.45. The summed E-state index contributed by atoms with van der Waals surface area (Å²) in [5, 5.41) is 11.0. The molecular weight excluding hydrogens is 278 g/mol. The molecule has 0 heterocycles. The summed E-state index contributed by atoms with van der Waals surface area (Å²) in [6.07, 6.45) is 2.80. The molecule has 0 amide bonds. The Labute approximate surface area is 128 Å². The summed E-state index contributed by atoms with van der Waals surface area (Å²) in [6.45, 7) is 5.06. The number of thioether (sulfide) groups is 1. The second kappa shape index (κ2) is 8.15. The molecule has 1 aromatic carbocycles. The molecule has 0 saturated carbocycles. The number of hydrogen-bond acceptors (Lipinski definition) is 3. The number of benzene rings is 1. The van der Waals surface area contributed by atoms with Crippen molar-refractivity contribution < 1.29 is 5.11 Å². The van der Waals surface area contributed by atoms with E-state index in [0.29, 0.717) is 0 Å². The first kappa shape index (κ1) is 18.8. The molecule has 2 unspecified atom stereocenters. The molecule has 2 nitrogen and oxygen atoms in total. The Bertz CT molecular complexity index is 386. The highest BCUT2D eigenvalue weighted by Gasteiger charge is 2.34. The summed E-state index contributed by atoms with van der Waals surface area (Å²) in [7, 11) is 4.09. The Balaban J connectivity index is 0.00000324. The molecule has 0 saturated heterocycles. The number of aliphatic hydroxyl groups is 1. The Morgan fingerprint density at radius 1 is 1.37 bits per heavy atom. The van der Waals surface area contributed by atoms with Crippen LogP contribution in [0.2, 0.25) is 0 Å². The van der Waals surface area contributed by atoms with Crippen LogP contribution in [0.15, 0.2) is 29.2 Å². The van der Waals surface area contributed by atoms with Crippen molar-refractivity contribution in [1.82, 2.24) is 4.90 Å². The molecule has 1 rings (SSSR count). The van der Waals surface area contributed by atoms with Gasteiger partial charge in [0.1, 0.15) is 0 Å². The first-order chi connectivity index (χ1) is 8.43. The highest BCUT2D eigenvalue weighted by atomic mass is 35.5. The Morgan fingerprint density at radius 2 is 2.00 bits per heavy atom. The average molecular weight is 304 g/mol. The summed E-state index contributed by atoms with van der Waals surface area (Å²) < 4.78 is 0. The van der Waals surface area contributed by atoms with E-state index in [9.17, 15) is 5.11 Å². The van der Waals surface area contributed by atoms with Gasteiger partial charge in [-0.1, -0.05) is 26.0 Å². The predicted molar refractivity (Wildman–Crippen MR) is 87.4 cm³/mol. The summed E-state index contributed by atoms with van der Waals surface area (Å²) >= 11 is 1.71. The monoisotopic (exact) mass is 303 g/mol. The maximum Gasteiger partial charge on any atom is 0.0931 e. The van der Waals surface area contributed by atoms with Gasteiger partial charge in [0, 0.05) is 17.4 Å². The third kappa shape index (κ3) is 4.67. The Morgan fingerprint density at radius 3 is 2.47 bits per heavy atom. The van der Waals surface area contributed by atoms with Crippen molar-refractivity contribution in [1.29, 1.82) is 0 Å². The molecule has 0 aliphatic carbocycles. The van der Waals surface area contributed by atoms with Crippen molar-refractivity contribution in [2.75, 3.05) is 26.9 Å². The van der Waals surface area contributed by atoms with Crippen LogP contribution in [0.3, 0.4) is 0 Å². The SMILES string of the molecule is CCC(O)(c1cccc(SC)c1)C(C)CN(C)C.Cl. The van der Waals surface area contributed by atoms with E-state index in [-0.39, 0.29) is 18.3 Å². The van der Waals surface area contributed by atoms with E-state index in [0.717, 1.165) is 18.5 Å². The van der Waals surface area contributed by atoms with E-state index in [1.807, 2.05) is 26.2 Å². The number of halogens is 1. The normalized spacial score (nSPS) is 15.7. The fourth-order valence-corrected chi connectivity index (χ4v) is 2.89.